The fourth-order valence-corrected chi connectivity index (χ4v) is 3.78. The van der Waals surface area contributed by atoms with Gasteiger partial charge in [-0.25, -0.2) is 0 Å². The van der Waals surface area contributed by atoms with Crippen LogP contribution in [0, 0.1) is 11.8 Å². The Hall–Kier alpha value is -0.610. The van der Waals surface area contributed by atoms with E-state index in [1.54, 1.807) is 0 Å². The van der Waals surface area contributed by atoms with Crippen LogP contribution in [0.3, 0.4) is 0 Å². The highest BCUT2D eigenvalue weighted by Gasteiger charge is 2.36. The summed E-state index contributed by atoms with van der Waals surface area (Å²) in [5.41, 5.74) is 5.82. The third-order valence-electron chi connectivity index (χ3n) is 5.07. The quantitative estimate of drug-likeness (QED) is 0.815. The Kier molecular flexibility index (Phi) is 5.22. The third-order valence-corrected chi connectivity index (χ3v) is 5.07. The Balaban J connectivity index is 2.00. The summed E-state index contributed by atoms with van der Waals surface area (Å²) in [5.74, 6) is 0.628. The van der Waals surface area contributed by atoms with Crippen molar-refractivity contribution in [2.24, 2.45) is 17.6 Å². The fourth-order valence-electron chi connectivity index (χ4n) is 3.78. The average Bonchev–Trinajstić information content (AvgIpc) is 2.46. The number of rotatable bonds is 3. The molecule has 2 fully saturated rings. The van der Waals surface area contributed by atoms with E-state index in [4.69, 9.17) is 5.73 Å². The number of aliphatic hydroxyl groups excluding tert-OH is 1. The molecule has 2 aliphatic rings. The zero-order valence-corrected chi connectivity index (χ0v) is 12.1. The summed E-state index contributed by atoms with van der Waals surface area (Å²) in [5, 5.41) is 10.1. The molecular formula is C15H28N2O2. The first-order chi connectivity index (χ1) is 9.15. The van der Waals surface area contributed by atoms with Gasteiger partial charge in [0.25, 0.3) is 0 Å². The Labute approximate surface area is 116 Å². The van der Waals surface area contributed by atoms with Crippen molar-refractivity contribution in [1.82, 2.24) is 4.90 Å². The lowest BCUT2D eigenvalue weighted by Crippen LogP contribution is -2.50. The molecule has 2 rings (SSSR count). The van der Waals surface area contributed by atoms with E-state index < -0.39 is 0 Å². The van der Waals surface area contributed by atoms with Gasteiger partial charge in [0.15, 0.2) is 0 Å². The second-order valence-corrected chi connectivity index (χ2v) is 6.26. The second-order valence-electron chi connectivity index (χ2n) is 6.26. The first kappa shape index (κ1) is 14.8. The van der Waals surface area contributed by atoms with Gasteiger partial charge in [-0.3, -0.25) is 4.79 Å². The highest BCUT2D eigenvalue weighted by atomic mass is 16.3. The molecule has 4 nitrogen and oxygen atoms in total. The number of nitrogens with zero attached hydrogens (tertiary/aromatic N) is 1. The van der Waals surface area contributed by atoms with Gasteiger partial charge in [-0.05, 0) is 38.1 Å². The van der Waals surface area contributed by atoms with Crippen LogP contribution in [-0.2, 0) is 4.79 Å². The lowest BCUT2D eigenvalue weighted by Gasteiger charge is -2.39. The van der Waals surface area contributed by atoms with Gasteiger partial charge in [0.1, 0.15) is 0 Å². The molecule has 2 saturated carbocycles. The summed E-state index contributed by atoms with van der Waals surface area (Å²) in [6.07, 6.45) is 7.98. The van der Waals surface area contributed by atoms with Crippen molar-refractivity contribution in [3.63, 3.8) is 0 Å². The first-order valence-corrected chi connectivity index (χ1v) is 7.80. The highest BCUT2D eigenvalue weighted by molar-refractivity contribution is 5.79. The van der Waals surface area contributed by atoms with E-state index in [1.807, 2.05) is 11.9 Å². The van der Waals surface area contributed by atoms with Gasteiger partial charge < -0.3 is 15.7 Å². The number of aliphatic hydroxyl groups is 1. The van der Waals surface area contributed by atoms with Crippen LogP contribution in [0.25, 0.3) is 0 Å². The van der Waals surface area contributed by atoms with Crippen molar-refractivity contribution in [2.75, 3.05) is 13.6 Å². The van der Waals surface area contributed by atoms with Gasteiger partial charge >= 0.3 is 0 Å². The van der Waals surface area contributed by atoms with Crippen LogP contribution in [0.15, 0.2) is 0 Å². The van der Waals surface area contributed by atoms with Crippen LogP contribution in [-0.4, -0.2) is 41.7 Å². The van der Waals surface area contributed by atoms with Gasteiger partial charge in [-0.2, -0.15) is 0 Å². The van der Waals surface area contributed by atoms with Crippen molar-refractivity contribution < 1.29 is 9.90 Å². The van der Waals surface area contributed by atoms with Gasteiger partial charge in [-0.1, -0.05) is 25.7 Å². The molecule has 0 aromatic heterocycles. The SMILES string of the molecule is CN(C(=O)C1CCCCC1CN)C1CCCCC1O. The number of hydrogen-bond donors (Lipinski definition) is 2. The summed E-state index contributed by atoms with van der Waals surface area (Å²) < 4.78 is 0. The minimum absolute atomic E-state index is 0.0154. The summed E-state index contributed by atoms with van der Waals surface area (Å²) in [7, 11) is 1.86. The number of carbonyl (C=O) groups is 1. The molecule has 110 valence electrons. The van der Waals surface area contributed by atoms with Crippen molar-refractivity contribution in [3.05, 3.63) is 0 Å². The van der Waals surface area contributed by atoms with Crippen molar-refractivity contribution in [3.8, 4) is 0 Å². The van der Waals surface area contributed by atoms with Crippen LogP contribution in [0.2, 0.25) is 0 Å². The minimum Gasteiger partial charge on any atom is -0.391 e. The molecule has 0 aliphatic heterocycles. The summed E-state index contributed by atoms with van der Waals surface area (Å²) in [4.78, 5) is 14.5. The zero-order valence-electron chi connectivity index (χ0n) is 12.1. The Morgan fingerprint density at radius 1 is 1.16 bits per heavy atom. The molecule has 0 spiro atoms. The Morgan fingerprint density at radius 3 is 2.47 bits per heavy atom. The maximum absolute atomic E-state index is 12.7. The number of hydrogen-bond acceptors (Lipinski definition) is 3. The van der Waals surface area contributed by atoms with E-state index in [1.165, 1.54) is 6.42 Å². The van der Waals surface area contributed by atoms with Gasteiger partial charge in [0.2, 0.25) is 5.91 Å². The van der Waals surface area contributed by atoms with E-state index >= 15 is 0 Å². The average molecular weight is 268 g/mol. The number of nitrogens with two attached hydrogens (primary N) is 1. The largest absolute Gasteiger partial charge is 0.391 e. The molecule has 2 aliphatic carbocycles. The van der Waals surface area contributed by atoms with Gasteiger partial charge in [0, 0.05) is 13.0 Å². The molecule has 0 aromatic rings. The van der Waals surface area contributed by atoms with E-state index in [0.29, 0.717) is 12.5 Å². The second kappa shape index (κ2) is 6.71. The van der Waals surface area contributed by atoms with Crippen LogP contribution in [0.4, 0.5) is 0 Å². The molecule has 4 heteroatoms. The Morgan fingerprint density at radius 2 is 1.79 bits per heavy atom. The van der Waals surface area contributed by atoms with Crippen LogP contribution in [0.5, 0.6) is 0 Å². The molecule has 0 radical (unpaired) electrons. The van der Waals surface area contributed by atoms with Crippen LogP contribution < -0.4 is 5.73 Å². The lowest BCUT2D eigenvalue weighted by molar-refractivity contribution is -0.142. The molecule has 19 heavy (non-hydrogen) atoms. The Bertz CT molecular complexity index is 309. The number of likely N-dealkylation sites (N-methyl/N-ethyl adjacent to an activating group) is 1. The molecule has 3 N–H and O–H groups in total. The monoisotopic (exact) mass is 268 g/mol. The topological polar surface area (TPSA) is 66.6 Å². The fraction of sp³-hybridized carbons (Fsp3) is 0.933. The lowest BCUT2D eigenvalue weighted by atomic mass is 9.78. The maximum Gasteiger partial charge on any atom is 0.226 e. The molecule has 4 unspecified atom stereocenters. The molecule has 0 heterocycles. The van der Waals surface area contributed by atoms with E-state index in [-0.39, 0.29) is 24.0 Å². The van der Waals surface area contributed by atoms with Crippen molar-refractivity contribution >= 4 is 5.91 Å². The van der Waals surface area contributed by atoms with Gasteiger partial charge in [0.05, 0.1) is 12.1 Å². The number of carbonyl (C=O) groups excluding carboxylic acids is 1. The summed E-state index contributed by atoms with van der Waals surface area (Å²) in [6.45, 7) is 0.609. The van der Waals surface area contributed by atoms with E-state index in [9.17, 15) is 9.90 Å². The van der Waals surface area contributed by atoms with Crippen LogP contribution in [0.1, 0.15) is 51.4 Å². The van der Waals surface area contributed by atoms with Crippen molar-refractivity contribution in [2.45, 2.75) is 63.5 Å². The van der Waals surface area contributed by atoms with Crippen molar-refractivity contribution in [1.29, 1.82) is 0 Å². The highest BCUT2D eigenvalue weighted by Crippen LogP contribution is 2.32. The maximum atomic E-state index is 12.7. The third kappa shape index (κ3) is 3.29. The molecule has 0 aromatic carbocycles. The molecule has 1 amide bonds. The minimum atomic E-state index is -0.345. The molecule has 0 bridgehead atoms. The smallest absolute Gasteiger partial charge is 0.226 e. The summed E-state index contributed by atoms with van der Waals surface area (Å²) in [6, 6.07) is 0.0154. The van der Waals surface area contributed by atoms with E-state index in [2.05, 4.69) is 0 Å². The van der Waals surface area contributed by atoms with E-state index in [0.717, 1.165) is 44.9 Å². The standard InChI is InChI=1S/C15H28N2O2/c1-17(13-8-4-5-9-14(13)18)15(19)12-7-3-2-6-11(12)10-16/h11-14,18H,2-10,16H2,1H3. The predicted octanol–water partition coefficient (Wildman–Crippen LogP) is 1.51. The number of amides is 1. The zero-order chi connectivity index (χ0) is 13.8. The first-order valence-electron chi connectivity index (χ1n) is 7.80. The molecule has 4 atom stereocenters. The molecule has 0 saturated heterocycles. The van der Waals surface area contributed by atoms with Crippen LogP contribution >= 0.6 is 0 Å². The van der Waals surface area contributed by atoms with Gasteiger partial charge in [-0.15, -0.1) is 0 Å². The summed E-state index contributed by atoms with van der Waals surface area (Å²) >= 11 is 0. The normalized spacial score (nSPS) is 35.9. The predicted molar refractivity (Wildman–Crippen MR) is 75.5 cm³/mol. The molecular weight excluding hydrogens is 240 g/mol.